The number of amides is 1. The van der Waals surface area contributed by atoms with Crippen molar-refractivity contribution in [3.8, 4) is 11.4 Å². The van der Waals surface area contributed by atoms with Gasteiger partial charge in [-0.3, -0.25) is 4.79 Å². The van der Waals surface area contributed by atoms with Gasteiger partial charge in [0.25, 0.3) is 0 Å². The van der Waals surface area contributed by atoms with Gasteiger partial charge in [0, 0.05) is 31.5 Å². The van der Waals surface area contributed by atoms with Gasteiger partial charge in [-0.05, 0) is 43.0 Å². The normalized spacial score (nSPS) is 15.8. The molecule has 0 saturated carbocycles. The largest absolute Gasteiger partial charge is 0.343 e. The minimum absolute atomic E-state index is 0.137. The lowest BCUT2D eigenvalue weighted by atomic mass is 9.99. The van der Waals surface area contributed by atoms with Gasteiger partial charge < -0.3 is 9.42 Å². The van der Waals surface area contributed by atoms with E-state index in [0.29, 0.717) is 36.0 Å². The van der Waals surface area contributed by atoms with Gasteiger partial charge in [0.15, 0.2) is 0 Å². The Labute approximate surface area is 134 Å². The monoisotopic (exact) mass is 317 g/mol. The van der Waals surface area contributed by atoms with E-state index in [9.17, 15) is 9.18 Å². The van der Waals surface area contributed by atoms with Crippen LogP contribution in [-0.4, -0.2) is 34.0 Å². The van der Waals surface area contributed by atoms with Crippen LogP contribution in [0.1, 0.15) is 32.1 Å². The fourth-order valence-corrected chi connectivity index (χ4v) is 2.70. The second-order valence-corrected chi connectivity index (χ2v) is 6.08. The van der Waals surface area contributed by atoms with E-state index >= 15 is 0 Å². The molecule has 0 spiro atoms. The summed E-state index contributed by atoms with van der Waals surface area (Å²) >= 11 is 0. The van der Waals surface area contributed by atoms with E-state index in [1.165, 1.54) is 12.1 Å². The number of nitrogens with zero attached hydrogens (tertiary/aromatic N) is 3. The molecule has 0 N–H and O–H groups in total. The molecular weight excluding hydrogens is 297 g/mol. The zero-order valence-corrected chi connectivity index (χ0v) is 13.2. The molecule has 0 atom stereocenters. The molecule has 5 nitrogen and oxygen atoms in total. The maximum atomic E-state index is 12.9. The summed E-state index contributed by atoms with van der Waals surface area (Å²) in [5, 5.41) is 3.88. The molecular formula is C17H20FN3O2. The van der Waals surface area contributed by atoms with Gasteiger partial charge in [0.2, 0.25) is 17.6 Å². The summed E-state index contributed by atoms with van der Waals surface area (Å²) in [6.45, 7) is 3.90. The van der Waals surface area contributed by atoms with Crippen molar-refractivity contribution >= 4 is 5.91 Å². The number of aromatic nitrogens is 2. The maximum absolute atomic E-state index is 12.9. The number of likely N-dealkylation sites (tertiary alicyclic amines) is 1. The summed E-state index contributed by atoms with van der Waals surface area (Å²) in [6.07, 6.45) is 2.94. The molecule has 0 radical (unpaired) electrons. The third kappa shape index (κ3) is 3.94. The van der Waals surface area contributed by atoms with E-state index < -0.39 is 0 Å². The molecule has 122 valence electrons. The molecule has 1 aromatic carbocycles. The molecule has 2 heterocycles. The molecule has 1 fully saturated rings. The number of hydrogen-bond donors (Lipinski definition) is 0. The first-order valence-electron chi connectivity index (χ1n) is 7.98. The standard InChI is InChI=1S/C17H20FN3O2/c1-12-8-10-21(11-9-12)16(22)7-6-15-19-17(20-23-15)13-2-4-14(18)5-3-13/h2-5,12H,6-11H2,1H3. The van der Waals surface area contributed by atoms with Crippen LogP contribution < -0.4 is 0 Å². The van der Waals surface area contributed by atoms with Crippen molar-refractivity contribution in [1.29, 1.82) is 0 Å². The van der Waals surface area contributed by atoms with Gasteiger partial charge in [0.1, 0.15) is 5.82 Å². The highest BCUT2D eigenvalue weighted by atomic mass is 19.1. The summed E-state index contributed by atoms with van der Waals surface area (Å²) in [4.78, 5) is 18.4. The number of rotatable bonds is 4. The highest BCUT2D eigenvalue weighted by Crippen LogP contribution is 2.19. The van der Waals surface area contributed by atoms with Gasteiger partial charge in [-0.25, -0.2) is 4.39 Å². The Balaban J connectivity index is 1.55. The second-order valence-electron chi connectivity index (χ2n) is 6.08. The molecule has 1 amide bonds. The smallest absolute Gasteiger partial charge is 0.227 e. The zero-order valence-electron chi connectivity index (χ0n) is 13.2. The molecule has 1 aliphatic rings. The van der Waals surface area contributed by atoms with Crippen LogP contribution in [0.5, 0.6) is 0 Å². The first-order chi connectivity index (χ1) is 11.1. The summed E-state index contributed by atoms with van der Waals surface area (Å²) < 4.78 is 18.1. The molecule has 1 aromatic heterocycles. The van der Waals surface area contributed by atoms with Crippen molar-refractivity contribution in [3.05, 3.63) is 36.0 Å². The van der Waals surface area contributed by atoms with Crippen LogP contribution in [0.25, 0.3) is 11.4 Å². The molecule has 0 unspecified atom stereocenters. The Bertz CT molecular complexity index is 661. The van der Waals surface area contributed by atoms with Gasteiger partial charge >= 0.3 is 0 Å². The van der Waals surface area contributed by atoms with E-state index in [0.717, 1.165) is 25.9 Å². The first kappa shape index (κ1) is 15.6. The second kappa shape index (κ2) is 6.89. The average molecular weight is 317 g/mol. The fraction of sp³-hybridized carbons (Fsp3) is 0.471. The predicted octanol–water partition coefficient (Wildman–Crippen LogP) is 3.07. The Kier molecular flexibility index (Phi) is 4.69. The van der Waals surface area contributed by atoms with Crippen LogP contribution in [0.4, 0.5) is 4.39 Å². The Morgan fingerprint density at radius 3 is 2.70 bits per heavy atom. The van der Waals surface area contributed by atoms with Crippen molar-refractivity contribution in [1.82, 2.24) is 15.0 Å². The van der Waals surface area contributed by atoms with Crippen LogP contribution in [-0.2, 0) is 11.2 Å². The summed E-state index contributed by atoms with van der Waals surface area (Å²) in [6, 6.07) is 5.91. The number of hydrogen-bond acceptors (Lipinski definition) is 4. The topological polar surface area (TPSA) is 59.2 Å². The van der Waals surface area contributed by atoms with Gasteiger partial charge in [0.05, 0.1) is 0 Å². The zero-order chi connectivity index (χ0) is 16.2. The summed E-state index contributed by atoms with van der Waals surface area (Å²) in [5.74, 6) is 1.38. The molecule has 1 saturated heterocycles. The summed E-state index contributed by atoms with van der Waals surface area (Å²) in [5.41, 5.74) is 0.692. The lowest BCUT2D eigenvalue weighted by molar-refractivity contribution is -0.132. The SMILES string of the molecule is CC1CCN(C(=O)CCc2nc(-c3ccc(F)cc3)no2)CC1. The number of carbonyl (C=O) groups is 1. The van der Waals surface area contributed by atoms with Crippen molar-refractivity contribution in [2.45, 2.75) is 32.6 Å². The van der Waals surface area contributed by atoms with E-state index in [-0.39, 0.29) is 11.7 Å². The molecule has 0 bridgehead atoms. The molecule has 3 rings (SSSR count). The Morgan fingerprint density at radius 1 is 1.30 bits per heavy atom. The minimum Gasteiger partial charge on any atom is -0.343 e. The number of aryl methyl sites for hydroxylation is 1. The van der Waals surface area contributed by atoms with Crippen molar-refractivity contribution in [2.75, 3.05) is 13.1 Å². The van der Waals surface area contributed by atoms with E-state index in [1.807, 2.05) is 4.90 Å². The minimum atomic E-state index is -0.307. The number of carbonyl (C=O) groups excluding carboxylic acids is 1. The third-order valence-electron chi connectivity index (χ3n) is 4.26. The number of benzene rings is 1. The summed E-state index contributed by atoms with van der Waals surface area (Å²) in [7, 11) is 0. The van der Waals surface area contributed by atoms with Gasteiger partial charge in [-0.1, -0.05) is 12.1 Å². The van der Waals surface area contributed by atoms with Crippen LogP contribution in [0, 0.1) is 11.7 Å². The predicted molar refractivity (Wildman–Crippen MR) is 83.0 cm³/mol. The third-order valence-corrected chi connectivity index (χ3v) is 4.26. The van der Waals surface area contributed by atoms with Crippen molar-refractivity contribution < 1.29 is 13.7 Å². The Hall–Kier alpha value is -2.24. The van der Waals surface area contributed by atoms with E-state index in [2.05, 4.69) is 17.1 Å². The fourth-order valence-electron chi connectivity index (χ4n) is 2.70. The van der Waals surface area contributed by atoms with Crippen LogP contribution in [0.2, 0.25) is 0 Å². The number of piperidine rings is 1. The maximum Gasteiger partial charge on any atom is 0.227 e. The lowest BCUT2D eigenvalue weighted by Crippen LogP contribution is -2.38. The molecule has 6 heteroatoms. The average Bonchev–Trinajstić information content (AvgIpc) is 3.03. The van der Waals surface area contributed by atoms with E-state index in [1.54, 1.807) is 12.1 Å². The quantitative estimate of drug-likeness (QED) is 0.869. The lowest BCUT2D eigenvalue weighted by Gasteiger charge is -2.30. The highest BCUT2D eigenvalue weighted by Gasteiger charge is 2.20. The van der Waals surface area contributed by atoms with Gasteiger partial charge in [-0.2, -0.15) is 4.98 Å². The van der Waals surface area contributed by atoms with E-state index in [4.69, 9.17) is 4.52 Å². The first-order valence-corrected chi connectivity index (χ1v) is 7.98. The number of halogens is 1. The van der Waals surface area contributed by atoms with Crippen molar-refractivity contribution in [2.24, 2.45) is 5.92 Å². The molecule has 1 aliphatic heterocycles. The van der Waals surface area contributed by atoms with Gasteiger partial charge in [-0.15, -0.1) is 0 Å². The van der Waals surface area contributed by atoms with Crippen LogP contribution in [0.3, 0.4) is 0 Å². The highest BCUT2D eigenvalue weighted by molar-refractivity contribution is 5.76. The molecule has 23 heavy (non-hydrogen) atoms. The molecule has 0 aliphatic carbocycles. The van der Waals surface area contributed by atoms with Crippen LogP contribution >= 0.6 is 0 Å². The Morgan fingerprint density at radius 2 is 2.00 bits per heavy atom. The van der Waals surface area contributed by atoms with Crippen molar-refractivity contribution in [3.63, 3.8) is 0 Å². The van der Waals surface area contributed by atoms with Crippen LogP contribution in [0.15, 0.2) is 28.8 Å². The molecule has 2 aromatic rings.